The van der Waals surface area contributed by atoms with E-state index in [1.165, 1.54) is 12.8 Å². The van der Waals surface area contributed by atoms with E-state index >= 15 is 0 Å². The molecule has 0 radical (unpaired) electrons. The minimum Gasteiger partial charge on any atom is -0.370 e. The fourth-order valence-electron chi connectivity index (χ4n) is 2.18. The third kappa shape index (κ3) is 3.69. The van der Waals surface area contributed by atoms with Gasteiger partial charge in [-0.15, -0.1) is 0 Å². The molecule has 0 atom stereocenters. The number of piperidine rings is 1. The van der Waals surface area contributed by atoms with Gasteiger partial charge >= 0.3 is 0 Å². The van der Waals surface area contributed by atoms with Crippen LogP contribution in [0.1, 0.15) is 33.6 Å². The molecule has 2 heterocycles. The van der Waals surface area contributed by atoms with Crippen LogP contribution in [-0.2, 0) is 4.79 Å². The summed E-state index contributed by atoms with van der Waals surface area (Å²) in [6, 6.07) is 3.92. The average molecular weight is 261 g/mol. The molecule has 0 spiro atoms. The summed E-state index contributed by atoms with van der Waals surface area (Å²) in [6.45, 7) is 8.25. The molecule has 1 aliphatic heterocycles. The maximum atomic E-state index is 11.6. The minimum absolute atomic E-state index is 0.00653. The number of pyridine rings is 1. The van der Waals surface area contributed by atoms with Crippen LogP contribution >= 0.6 is 0 Å². The van der Waals surface area contributed by atoms with Crippen molar-refractivity contribution in [1.82, 2.24) is 4.98 Å². The van der Waals surface area contributed by atoms with Crippen molar-refractivity contribution in [2.45, 2.75) is 33.6 Å². The molecule has 0 saturated carbocycles. The Morgan fingerprint density at radius 1 is 1.37 bits per heavy atom. The van der Waals surface area contributed by atoms with Crippen molar-refractivity contribution in [3.05, 3.63) is 18.3 Å². The van der Waals surface area contributed by atoms with Crippen molar-refractivity contribution in [1.29, 1.82) is 0 Å². The molecule has 1 aromatic rings. The largest absolute Gasteiger partial charge is 0.370 e. The van der Waals surface area contributed by atoms with Crippen molar-refractivity contribution in [2.24, 2.45) is 11.8 Å². The number of rotatable bonds is 3. The van der Waals surface area contributed by atoms with Gasteiger partial charge in [-0.25, -0.2) is 4.98 Å². The number of amides is 1. The number of carbonyl (C=O) groups is 1. The van der Waals surface area contributed by atoms with Crippen molar-refractivity contribution in [2.75, 3.05) is 23.3 Å². The van der Waals surface area contributed by atoms with Gasteiger partial charge in [0.05, 0.1) is 11.9 Å². The van der Waals surface area contributed by atoms with E-state index in [1.54, 1.807) is 0 Å². The van der Waals surface area contributed by atoms with Gasteiger partial charge in [0.25, 0.3) is 0 Å². The Labute approximate surface area is 115 Å². The number of anilines is 2. The lowest BCUT2D eigenvalue weighted by atomic mass is 9.99. The zero-order chi connectivity index (χ0) is 13.8. The smallest absolute Gasteiger partial charge is 0.228 e. The highest BCUT2D eigenvalue weighted by Gasteiger charge is 2.16. The topological polar surface area (TPSA) is 45.2 Å². The Kier molecular flexibility index (Phi) is 4.40. The van der Waals surface area contributed by atoms with Gasteiger partial charge in [-0.3, -0.25) is 4.79 Å². The van der Waals surface area contributed by atoms with Crippen LogP contribution in [0.5, 0.6) is 0 Å². The lowest BCUT2D eigenvalue weighted by molar-refractivity contribution is -0.118. The van der Waals surface area contributed by atoms with Crippen molar-refractivity contribution >= 4 is 17.4 Å². The number of hydrogen-bond donors (Lipinski definition) is 1. The lowest BCUT2D eigenvalue weighted by Gasteiger charge is -2.31. The summed E-state index contributed by atoms with van der Waals surface area (Å²) < 4.78 is 0. The molecule has 19 heavy (non-hydrogen) atoms. The summed E-state index contributed by atoms with van der Waals surface area (Å²) in [5, 5.41) is 2.81. The molecule has 1 N–H and O–H groups in total. The van der Waals surface area contributed by atoms with Crippen LogP contribution in [0.25, 0.3) is 0 Å². The molecule has 104 valence electrons. The highest BCUT2D eigenvalue weighted by Crippen LogP contribution is 2.23. The molecule has 0 bridgehead atoms. The monoisotopic (exact) mass is 261 g/mol. The van der Waals surface area contributed by atoms with Gasteiger partial charge in [-0.1, -0.05) is 20.8 Å². The van der Waals surface area contributed by atoms with Gasteiger partial charge in [-0.2, -0.15) is 0 Å². The van der Waals surface area contributed by atoms with Gasteiger partial charge in [0.2, 0.25) is 5.91 Å². The fourth-order valence-corrected chi connectivity index (χ4v) is 2.18. The zero-order valence-electron chi connectivity index (χ0n) is 12.0. The van der Waals surface area contributed by atoms with E-state index in [9.17, 15) is 4.79 Å². The number of nitrogens with one attached hydrogen (secondary N) is 1. The second-order valence-corrected chi connectivity index (χ2v) is 5.72. The average Bonchev–Trinajstić information content (AvgIpc) is 2.40. The maximum absolute atomic E-state index is 11.6. The van der Waals surface area contributed by atoms with Crippen LogP contribution in [0.2, 0.25) is 0 Å². The first kappa shape index (κ1) is 13.8. The predicted molar refractivity (Wildman–Crippen MR) is 78.3 cm³/mol. The van der Waals surface area contributed by atoms with Crippen molar-refractivity contribution < 1.29 is 4.79 Å². The SMILES string of the molecule is CC1CCN(c2ccc(NC(=O)C(C)C)nc2)CC1. The number of nitrogens with zero attached hydrogens (tertiary/aromatic N) is 2. The predicted octanol–water partition coefficient (Wildman–Crippen LogP) is 2.91. The van der Waals surface area contributed by atoms with E-state index in [2.05, 4.69) is 22.1 Å². The summed E-state index contributed by atoms with van der Waals surface area (Å²) in [7, 11) is 0. The Morgan fingerprint density at radius 2 is 2.05 bits per heavy atom. The van der Waals surface area contributed by atoms with E-state index < -0.39 is 0 Å². The molecule has 0 aliphatic carbocycles. The summed E-state index contributed by atoms with van der Waals surface area (Å²) in [5.74, 6) is 1.44. The molecule has 4 heteroatoms. The van der Waals surface area contributed by atoms with E-state index in [1.807, 2.05) is 32.2 Å². The molecule has 2 rings (SSSR count). The maximum Gasteiger partial charge on any atom is 0.228 e. The zero-order valence-corrected chi connectivity index (χ0v) is 12.0. The minimum atomic E-state index is -0.0231. The van der Waals surface area contributed by atoms with Crippen LogP contribution in [0.3, 0.4) is 0 Å². The van der Waals surface area contributed by atoms with Crippen LogP contribution in [0.15, 0.2) is 18.3 Å². The van der Waals surface area contributed by atoms with E-state index in [0.717, 1.165) is 24.7 Å². The van der Waals surface area contributed by atoms with Gasteiger partial charge in [0.1, 0.15) is 5.82 Å². The van der Waals surface area contributed by atoms with Crippen molar-refractivity contribution in [3.8, 4) is 0 Å². The van der Waals surface area contributed by atoms with Gasteiger partial charge in [-0.05, 0) is 30.9 Å². The molecular formula is C15H23N3O. The summed E-state index contributed by atoms with van der Waals surface area (Å²) in [6.07, 6.45) is 4.34. The first-order chi connectivity index (χ1) is 9.06. The highest BCUT2D eigenvalue weighted by molar-refractivity contribution is 5.91. The highest BCUT2D eigenvalue weighted by atomic mass is 16.1. The fraction of sp³-hybridized carbons (Fsp3) is 0.600. The Morgan fingerprint density at radius 3 is 2.58 bits per heavy atom. The first-order valence-electron chi connectivity index (χ1n) is 7.08. The molecule has 1 saturated heterocycles. The Bertz CT molecular complexity index is 420. The van der Waals surface area contributed by atoms with Crippen LogP contribution in [0, 0.1) is 11.8 Å². The van der Waals surface area contributed by atoms with Gasteiger partial charge < -0.3 is 10.2 Å². The Hall–Kier alpha value is -1.58. The quantitative estimate of drug-likeness (QED) is 0.910. The van der Waals surface area contributed by atoms with Crippen molar-refractivity contribution in [3.63, 3.8) is 0 Å². The second kappa shape index (κ2) is 6.04. The summed E-state index contributed by atoms with van der Waals surface area (Å²) >= 11 is 0. The standard InChI is InChI=1S/C15H23N3O/c1-11(2)15(19)17-14-5-4-13(10-16-14)18-8-6-12(3)7-9-18/h4-5,10-12H,6-9H2,1-3H3,(H,16,17,19). The number of hydrogen-bond acceptors (Lipinski definition) is 3. The molecule has 1 fully saturated rings. The van der Waals surface area contributed by atoms with Crippen LogP contribution in [0.4, 0.5) is 11.5 Å². The number of aromatic nitrogens is 1. The van der Waals surface area contributed by atoms with Crippen LogP contribution in [-0.4, -0.2) is 24.0 Å². The molecule has 1 aromatic heterocycles. The molecule has 0 aromatic carbocycles. The van der Waals surface area contributed by atoms with E-state index in [4.69, 9.17) is 0 Å². The molecule has 0 unspecified atom stereocenters. The lowest BCUT2D eigenvalue weighted by Crippen LogP contribution is -2.32. The normalized spacial score (nSPS) is 16.7. The van der Waals surface area contributed by atoms with Gasteiger partial charge in [0.15, 0.2) is 0 Å². The number of carbonyl (C=O) groups excluding carboxylic acids is 1. The Balaban J connectivity index is 1.96. The van der Waals surface area contributed by atoms with Gasteiger partial charge in [0, 0.05) is 19.0 Å². The molecule has 1 amide bonds. The molecular weight excluding hydrogens is 238 g/mol. The summed E-state index contributed by atoms with van der Waals surface area (Å²) in [4.78, 5) is 18.3. The summed E-state index contributed by atoms with van der Waals surface area (Å²) in [5.41, 5.74) is 1.15. The third-order valence-corrected chi connectivity index (χ3v) is 3.67. The second-order valence-electron chi connectivity index (χ2n) is 5.72. The molecule has 4 nitrogen and oxygen atoms in total. The molecule has 1 aliphatic rings. The van der Waals surface area contributed by atoms with E-state index in [0.29, 0.717) is 5.82 Å². The first-order valence-corrected chi connectivity index (χ1v) is 7.08. The van der Waals surface area contributed by atoms with E-state index in [-0.39, 0.29) is 11.8 Å². The van der Waals surface area contributed by atoms with Crippen LogP contribution < -0.4 is 10.2 Å². The third-order valence-electron chi connectivity index (χ3n) is 3.67.